The number of hydrogen-bond acceptors (Lipinski definition) is 5. The molecule has 2 aliphatic carbocycles. The van der Waals surface area contributed by atoms with E-state index >= 15 is 0 Å². The van der Waals surface area contributed by atoms with Gasteiger partial charge in [-0.25, -0.2) is 4.79 Å². The number of aromatic nitrogens is 3. The van der Waals surface area contributed by atoms with E-state index in [0.717, 1.165) is 61.5 Å². The first-order chi connectivity index (χ1) is 18.6. The van der Waals surface area contributed by atoms with Crippen LogP contribution in [0.15, 0.2) is 48.7 Å². The number of allylic oxidation sites excluding steroid dienone is 2. The number of aromatic amines is 1. The van der Waals surface area contributed by atoms with Crippen molar-refractivity contribution in [2.45, 2.75) is 76.7 Å². The summed E-state index contributed by atoms with van der Waals surface area (Å²) in [4.78, 5) is 12.1. The number of ether oxygens (including phenoxy) is 3. The zero-order chi connectivity index (χ0) is 26.1. The summed E-state index contributed by atoms with van der Waals surface area (Å²) in [5, 5.41) is 11.6. The van der Waals surface area contributed by atoms with Gasteiger partial charge in [0.1, 0.15) is 11.9 Å². The second-order valence-electron chi connectivity index (χ2n) is 10.7. The summed E-state index contributed by atoms with van der Waals surface area (Å²) in [5.41, 5.74) is 5.69. The minimum atomic E-state index is -0.384. The third-order valence-electron chi connectivity index (χ3n) is 7.68. The molecule has 0 radical (unpaired) electrons. The number of rotatable bonds is 7. The SMILES string of the molecule is CC(C)OC(=O)NC1C=CC(c2c(-c3ccn[nH]3)c3ccc(OC4CCOCC4)cc3n2C2CCC2)=CC1. The maximum atomic E-state index is 12.1. The van der Waals surface area contributed by atoms with Crippen LogP contribution in [0.3, 0.4) is 0 Å². The van der Waals surface area contributed by atoms with Crippen molar-refractivity contribution in [1.82, 2.24) is 20.1 Å². The van der Waals surface area contributed by atoms with Crippen LogP contribution in [-0.4, -0.2) is 52.3 Å². The largest absolute Gasteiger partial charge is 0.490 e. The van der Waals surface area contributed by atoms with Gasteiger partial charge in [-0.15, -0.1) is 0 Å². The lowest BCUT2D eigenvalue weighted by atomic mass is 9.91. The van der Waals surface area contributed by atoms with E-state index in [4.69, 9.17) is 14.2 Å². The molecule has 6 rings (SSSR count). The zero-order valence-electron chi connectivity index (χ0n) is 22.1. The summed E-state index contributed by atoms with van der Waals surface area (Å²) >= 11 is 0. The molecule has 2 fully saturated rings. The van der Waals surface area contributed by atoms with E-state index in [1.165, 1.54) is 23.0 Å². The molecule has 1 aliphatic heterocycles. The molecule has 1 aromatic carbocycles. The zero-order valence-corrected chi connectivity index (χ0v) is 22.1. The summed E-state index contributed by atoms with van der Waals surface area (Å²) < 4.78 is 19.7. The molecule has 3 heterocycles. The maximum Gasteiger partial charge on any atom is 0.407 e. The van der Waals surface area contributed by atoms with E-state index < -0.39 is 0 Å². The number of hydrogen-bond donors (Lipinski definition) is 2. The Hall–Kier alpha value is -3.52. The smallest absolute Gasteiger partial charge is 0.407 e. The van der Waals surface area contributed by atoms with Gasteiger partial charge >= 0.3 is 6.09 Å². The van der Waals surface area contributed by atoms with E-state index in [1.54, 1.807) is 6.20 Å². The van der Waals surface area contributed by atoms with Crippen LogP contribution in [0, 0.1) is 0 Å². The van der Waals surface area contributed by atoms with Gasteiger partial charge in [0, 0.05) is 42.1 Å². The van der Waals surface area contributed by atoms with Gasteiger partial charge in [0.05, 0.1) is 42.3 Å². The van der Waals surface area contributed by atoms with Crippen LogP contribution in [0.5, 0.6) is 5.75 Å². The second-order valence-corrected chi connectivity index (χ2v) is 10.7. The molecule has 8 nitrogen and oxygen atoms in total. The predicted molar refractivity (Wildman–Crippen MR) is 147 cm³/mol. The molecule has 3 aromatic rings. The number of alkyl carbamates (subject to hydrolysis) is 1. The number of carbonyl (C=O) groups excluding carboxylic acids is 1. The monoisotopic (exact) mass is 516 g/mol. The predicted octanol–water partition coefficient (Wildman–Crippen LogP) is 6.16. The molecule has 200 valence electrons. The van der Waals surface area contributed by atoms with Gasteiger partial charge in [0.25, 0.3) is 0 Å². The number of carbonyl (C=O) groups is 1. The standard InChI is InChI=1S/C30H36N4O4/c1-19(2)37-30(35)32-21-8-6-20(7-9-21)29-28(26-12-15-31-33-26)25-11-10-24(38-23-13-16-36-17-14-23)18-27(25)34(29)22-4-3-5-22/h6-8,10-12,15,18-19,21-23H,3-5,9,13-14,16-17H2,1-2H3,(H,31,33)(H,32,35). The molecule has 1 saturated heterocycles. The summed E-state index contributed by atoms with van der Waals surface area (Å²) in [6.07, 6.45) is 14.0. The lowest BCUT2D eigenvalue weighted by molar-refractivity contribution is 0.0256. The van der Waals surface area contributed by atoms with Crippen LogP contribution < -0.4 is 10.1 Å². The fourth-order valence-electron chi connectivity index (χ4n) is 5.63. The Morgan fingerprint density at radius 2 is 2.03 bits per heavy atom. The molecule has 3 aliphatic rings. The molecular formula is C30H36N4O4. The van der Waals surface area contributed by atoms with Gasteiger partial charge in [-0.1, -0.05) is 18.2 Å². The Morgan fingerprint density at radius 3 is 2.68 bits per heavy atom. The van der Waals surface area contributed by atoms with Crippen LogP contribution in [0.25, 0.3) is 27.7 Å². The molecule has 38 heavy (non-hydrogen) atoms. The molecule has 2 N–H and O–H groups in total. The minimum absolute atomic E-state index is 0.0957. The normalized spacial score (nSPS) is 20.4. The van der Waals surface area contributed by atoms with E-state index in [-0.39, 0.29) is 24.3 Å². The van der Waals surface area contributed by atoms with Crippen molar-refractivity contribution in [2.24, 2.45) is 0 Å². The highest BCUT2D eigenvalue weighted by Crippen LogP contribution is 2.46. The molecule has 1 unspecified atom stereocenters. The number of benzene rings is 1. The molecule has 1 saturated carbocycles. The Kier molecular flexibility index (Phi) is 6.98. The Morgan fingerprint density at radius 1 is 1.18 bits per heavy atom. The topological polar surface area (TPSA) is 90.4 Å². The Balaban J connectivity index is 1.39. The quantitative estimate of drug-likeness (QED) is 0.392. The highest BCUT2D eigenvalue weighted by molar-refractivity contribution is 6.03. The van der Waals surface area contributed by atoms with Gasteiger partial charge in [-0.05, 0) is 63.3 Å². The fraction of sp³-hybridized carbons (Fsp3) is 0.467. The molecule has 1 atom stereocenters. The Bertz CT molecular complexity index is 1340. The number of nitrogens with one attached hydrogen (secondary N) is 2. The van der Waals surface area contributed by atoms with Crippen LogP contribution in [0.4, 0.5) is 4.79 Å². The number of amides is 1. The van der Waals surface area contributed by atoms with Crippen molar-refractivity contribution in [2.75, 3.05) is 13.2 Å². The number of nitrogens with zero attached hydrogens (tertiary/aromatic N) is 2. The van der Waals surface area contributed by atoms with Gasteiger partial charge in [0.15, 0.2) is 0 Å². The lowest BCUT2D eigenvalue weighted by Crippen LogP contribution is -2.35. The third-order valence-corrected chi connectivity index (χ3v) is 7.68. The summed E-state index contributed by atoms with van der Waals surface area (Å²) in [5.74, 6) is 0.909. The van der Waals surface area contributed by atoms with Crippen molar-refractivity contribution in [3.8, 4) is 17.0 Å². The van der Waals surface area contributed by atoms with Gasteiger partial charge in [-0.3, -0.25) is 5.10 Å². The van der Waals surface area contributed by atoms with Crippen LogP contribution in [0.2, 0.25) is 0 Å². The van der Waals surface area contributed by atoms with E-state index in [9.17, 15) is 4.79 Å². The van der Waals surface area contributed by atoms with Gasteiger partial charge in [0.2, 0.25) is 0 Å². The molecule has 0 bridgehead atoms. The molecule has 0 spiro atoms. The molecular weight excluding hydrogens is 480 g/mol. The lowest BCUT2D eigenvalue weighted by Gasteiger charge is -2.31. The average Bonchev–Trinajstić information content (AvgIpc) is 3.50. The van der Waals surface area contributed by atoms with Crippen molar-refractivity contribution >= 4 is 22.6 Å². The van der Waals surface area contributed by atoms with Crippen LogP contribution in [0.1, 0.15) is 64.1 Å². The average molecular weight is 517 g/mol. The molecule has 8 heteroatoms. The van der Waals surface area contributed by atoms with Crippen molar-refractivity contribution < 1.29 is 19.0 Å². The summed E-state index contributed by atoms with van der Waals surface area (Å²) in [7, 11) is 0. The fourth-order valence-corrected chi connectivity index (χ4v) is 5.63. The van der Waals surface area contributed by atoms with Gasteiger partial charge in [-0.2, -0.15) is 5.10 Å². The highest BCUT2D eigenvalue weighted by atomic mass is 16.6. The van der Waals surface area contributed by atoms with E-state index in [2.05, 4.69) is 56.5 Å². The van der Waals surface area contributed by atoms with E-state index in [1.807, 2.05) is 19.9 Å². The maximum absolute atomic E-state index is 12.1. The second kappa shape index (κ2) is 10.7. The first kappa shape index (κ1) is 24.8. The minimum Gasteiger partial charge on any atom is -0.490 e. The van der Waals surface area contributed by atoms with Gasteiger partial charge < -0.3 is 24.1 Å². The van der Waals surface area contributed by atoms with Crippen LogP contribution in [-0.2, 0) is 9.47 Å². The highest BCUT2D eigenvalue weighted by Gasteiger charge is 2.30. The van der Waals surface area contributed by atoms with Crippen molar-refractivity contribution in [3.05, 3.63) is 54.4 Å². The summed E-state index contributed by atoms with van der Waals surface area (Å²) in [6.45, 7) is 5.21. The first-order valence-corrected chi connectivity index (χ1v) is 13.8. The van der Waals surface area contributed by atoms with Crippen molar-refractivity contribution in [3.63, 3.8) is 0 Å². The Labute approximate surface area is 223 Å². The number of H-pyrrole nitrogens is 1. The number of fused-ring (bicyclic) bond motifs is 1. The summed E-state index contributed by atoms with van der Waals surface area (Å²) in [6, 6.07) is 8.88. The molecule has 2 aromatic heterocycles. The first-order valence-electron chi connectivity index (χ1n) is 13.8. The van der Waals surface area contributed by atoms with Crippen LogP contribution >= 0.6 is 0 Å². The molecule has 1 amide bonds. The third kappa shape index (κ3) is 4.97. The van der Waals surface area contributed by atoms with Crippen molar-refractivity contribution in [1.29, 1.82) is 0 Å². The van der Waals surface area contributed by atoms with E-state index in [0.29, 0.717) is 12.5 Å².